The minimum Gasteiger partial charge on any atom is -0.394 e. The number of nitrogens with zero attached hydrogens (tertiary/aromatic N) is 3. The van der Waals surface area contributed by atoms with Gasteiger partial charge in [0.1, 0.15) is 5.82 Å². The summed E-state index contributed by atoms with van der Waals surface area (Å²) in [5, 5.41) is 23.9. The summed E-state index contributed by atoms with van der Waals surface area (Å²) in [5.74, 6) is 1.74. The Bertz CT molecular complexity index is 701. The Kier molecular flexibility index (Phi) is 5.32. The number of fused-ring (bicyclic) bond motifs is 1. The van der Waals surface area contributed by atoms with E-state index in [1.807, 2.05) is 0 Å². The van der Waals surface area contributed by atoms with E-state index in [4.69, 9.17) is 11.6 Å². The quantitative estimate of drug-likeness (QED) is 0.767. The third-order valence-corrected chi connectivity index (χ3v) is 4.36. The molecule has 0 saturated heterocycles. The largest absolute Gasteiger partial charge is 0.394 e. The normalized spacial score (nSPS) is 14.8. The van der Waals surface area contributed by atoms with E-state index < -0.39 is 6.04 Å². The number of hydrogen-bond donors (Lipinski definition) is 3. The fourth-order valence-electron chi connectivity index (χ4n) is 2.80. The van der Waals surface area contributed by atoms with E-state index in [0.717, 1.165) is 43.0 Å². The maximum Gasteiger partial charge on any atom is 0.315 e. The van der Waals surface area contributed by atoms with Crippen molar-refractivity contribution in [1.82, 2.24) is 25.4 Å². The molecule has 0 saturated carbocycles. The SMILES string of the molecule is O=C(NCc1nnc2n1CCCC2)NC(CO)c1ccc(Cl)cc1. The van der Waals surface area contributed by atoms with E-state index in [1.165, 1.54) is 0 Å². The first kappa shape index (κ1) is 16.7. The second-order valence-electron chi connectivity index (χ2n) is 5.75. The van der Waals surface area contributed by atoms with E-state index in [-0.39, 0.29) is 12.6 Å². The number of halogens is 1. The molecule has 128 valence electrons. The molecule has 3 rings (SSSR count). The Hall–Kier alpha value is -2.12. The molecule has 7 nitrogen and oxygen atoms in total. The van der Waals surface area contributed by atoms with Crippen molar-refractivity contribution >= 4 is 17.6 Å². The first-order valence-electron chi connectivity index (χ1n) is 7.99. The lowest BCUT2D eigenvalue weighted by atomic mass is 10.1. The fourth-order valence-corrected chi connectivity index (χ4v) is 2.92. The van der Waals surface area contributed by atoms with Crippen molar-refractivity contribution in [3.8, 4) is 0 Å². The second kappa shape index (κ2) is 7.63. The Morgan fingerprint density at radius 2 is 2.08 bits per heavy atom. The third kappa shape index (κ3) is 3.85. The summed E-state index contributed by atoms with van der Waals surface area (Å²) >= 11 is 5.85. The van der Waals surface area contributed by atoms with Gasteiger partial charge in [0, 0.05) is 18.0 Å². The van der Waals surface area contributed by atoms with E-state index >= 15 is 0 Å². The molecule has 0 aliphatic carbocycles. The maximum absolute atomic E-state index is 12.1. The molecule has 0 spiro atoms. The van der Waals surface area contributed by atoms with Crippen molar-refractivity contribution in [1.29, 1.82) is 0 Å². The number of nitrogens with one attached hydrogen (secondary N) is 2. The first-order valence-corrected chi connectivity index (χ1v) is 8.37. The Balaban J connectivity index is 1.56. The molecule has 0 radical (unpaired) electrons. The average molecular weight is 350 g/mol. The van der Waals surface area contributed by atoms with Crippen LogP contribution in [0.2, 0.25) is 5.02 Å². The van der Waals surface area contributed by atoms with Crippen LogP contribution in [-0.4, -0.2) is 32.5 Å². The van der Waals surface area contributed by atoms with Gasteiger partial charge in [-0.2, -0.15) is 0 Å². The molecule has 1 aromatic heterocycles. The molecule has 1 aliphatic rings. The van der Waals surface area contributed by atoms with Crippen molar-refractivity contribution in [2.24, 2.45) is 0 Å². The number of urea groups is 1. The van der Waals surface area contributed by atoms with Gasteiger partial charge in [-0.1, -0.05) is 23.7 Å². The zero-order chi connectivity index (χ0) is 16.9. The van der Waals surface area contributed by atoms with Gasteiger partial charge in [0.2, 0.25) is 0 Å². The molecule has 0 bridgehead atoms. The highest BCUT2D eigenvalue weighted by molar-refractivity contribution is 6.30. The van der Waals surface area contributed by atoms with Crippen molar-refractivity contribution in [3.05, 3.63) is 46.5 Å². The van der Waals surface area contributed by atoms with Gasteiger partial charge in [-0.15, -0.1) is 10.2 Å². The van der Waals surface area contributed by atoms with Crippen LogP contribution in [0.15, 0.2) is 24.3 Å². The maximum atomic E-state index is 12.1. The summed E-state index contributed by atoms with van der Waals surface area (Å²) in [7, 11) is 0. The lowest BCUT2D eigenvalue weighted by molar-refractivity contribution is 0.216. The predicted octanol–water partition coefficient (Wildman–Crippen LogP) is 1.80. The molecule has 1 atom stereocenters. The molecule has 1 aromatic carbocycles. The van der Waals surface area contributed by atoms with Crippen molar-refractivity contribution in [2.75, 3.05) is 6.61 Å². The van der Waals surface area contributed by atoms with Gasteiger partial charge in [0.15, 0.2) is 5.82 Å². The predicted molar refractivity (Wildman–Crippen MR) is 89.6 cm³/mol. The Morgan fingerprint density at radius 3 is 2.83 bits per heavy atom. The van der Waals surface area contributed by atoms with Crippen LogP contribution in [0.1, 0.15) is 36.1 Å². The zero-order valence-electron chi connectivity index (χ0n) is 13.2. The highest BCUT2D eigenvalue weighted by atomic mass is 35.5. The topological polar surface area (TPSA) is 92.1 Å². The fraction of sp³-hybridized carbons (Fsp3) is 0.438. The van der Waals surface area contributed by atoms with Crippen LogP contribution in [0.25, 0.3) is 0 Å². The Labute approximate surface area is 145 Å². The molecule has 8 heteroatoms. The number of hydrogen-bond acceptors (Lipinski definition) is 4. The Morgan fingerprint density at radius 1 is 1.29 bits per heavy atom. The lowest BCUT2D eigenvalue weighted by Gasteiger charge is -2.18. The monoisotopic (exact) mass is 349 g/mol. The first-order chi connectivity index (χ1) is 11.7. The van der Waals surface area contributed by atoms with Crippen molar-refractivity contribution < 1.29 is 9.90 Å². The van der Waals surface area contributed by atoms with Crippen LogP contribution in [0.5, 0.6) is 0 Å². The minimum atomic E-state index is -0.491. The van der Waals surface area contributed by atoms with Crippen LogP contribution in [0.4, 0.5) is 4.79 Å². The van der Waals surface area contributed by atoms with E-state index in [1.54, 1.807) is 24.3 Å². The number of carbonyl (C=O) groups excluding carboxylic acids is 1. The molecule has 3 N–H and O–H groups in total. The van der Waals surface area contributed by atoms with E-state index in [9.17, 15) is 9.90 Å². The van der Waals surface area contributed by atoms with Crippen molar-refractivity contribution in [3.63, 3.8) is 0 Å². The van der Waals surface area contributed by atoms with Gasteiger partial charge in [-0.3, -0.25) is 0 Å². The number of aryl methyl sites for hydroxylation is 1. The molecule has 2 heterocycles. The minimum absolute atomic E-state index is 0.199. The van der Waals surface area contributed by atoms with Gasteiger partial charge >= 0.3 is 6.03 Å². The van der Waals surface area contributed by atoms with E-state index in [2.05, 4.69) is 25.4 Å². The summed E-state index contributed by atoms with van der Waals surface area (Å²) in [6.45, 7) is 0.998. The zero-order valence-corrected chi connectivity index (χ0v) is 14.0. The number of rotatable bonds is 5. The molecule has 2 amide bonds. The molecule has 1 unspecified atom stereocenters. The summed E-state index contributed by atoms with van der Waals surface area (Å²) in [5.41, 5.74) is 0.789. The molecule has 0 fully saturated rings. The van der Waals surface area contributed by atoms with Gasteiger partial charge in [-0.25, -0.2) is 4.79 Å². The van der Waals surface area contributed by atoms with E-state index in [0.29, 0.717) is 11.6 Å². The summed E-state index contributed by atoms with van der Waals surface area (Å²) in [6, 6.07) is 6.15. The lowest BCUT2D eigenvalue weighted by Crippen LogP contribution is -2.39. The third-order valence-electron chi connectivity index (χ3n) is 4.10. The number of aliphatic hydroxyl groups excluding tert-OH is 1. The molecule has 1 aliphatic heterocycles. The van der Waals surface area contributed by atoms with Crippen molar-refractivity contribution in [2.45, 2.75) is 38.4 Å². The van der Waals surface area contributed by atoms with Gasteiger partial charge in [-0.05, 0) is 30.5 Å². The number of carbonyl (C=O) groups is 1. The van der Waals surface area contributed by atoms with Crippen LogP contribution in [-0.2, 0) is 19.5 Å². The molecular formula is C16H20ClN5O2. The van der Waals surface area contributed by atoms with Gasteiger partial charge < -0.3 is 20.3 Å². The van der Waals surface area contributed by atoms with Crippen LogP contribution in [0.3, 0.4) is 0 Å². The standard InChI is InChI=1S/C16H20ClN5O2/c17-12-6-4-11(5-7-12)13(10-23)19-16(24)18-9-15-21-20-14-3-1-2-8-22(14)15/h4-7,13,23H,1-3,8-10H2,(H2,18,19,24). The molecule has 24 heavy (non-hydrogen) atoms. The summed E-state index contributed by atoms with van der Waals surface area (Å²) < 4.78 is 2.06. The highest BCUT2D eigenvalue weighted by Gasteiger charge is 2.17. The summed E-state index contributed by atoms with van der Waals surface area (Å²) in [4.78, 5) is 12.1. The van der Waals surface area contributed by atoms with Crippen LogP contribution in [0, 0.1) is 0 Å². The number of aliphatic hydroxyl groups is 1. The van der Waals surface area contributed by atoms with Crippen LogP contribution < -0.4 is 10.6 Å². The average Bonchev–Trinajstić information content (AvgIpc) is 3.02. The van der Waals surface area contributed by atoms with Gasteiger partial charge in [0.25, 0.3) is 0 Å². The molecule has 2 aromatic rings. The van der Waals surface area contributed by atoms with Gasteiger partial charge in [0.05, 0.1) is 19.2 Å². The number of benzene rings is 1. The number of aromatic nitrogens is 3. The summed E-state index contributed by atoms with van der Waals surface area (Å²) in [6.07, 6.45) is 3.17. The smallest absolute Gasteiger partial charge is 0.315 e. The van der Waals surface area contributed by atoms with Crippen LogP contribution >= 0.6 is 11.6 Å². The highest BCUT2D eigenvalue weighted by Crippen LogP contribution is 2.16. The number of amides is 2. The molecular weight excluding hydrogens is 330 g/mol. The second-order valence-corrected chi connectivity index (χ2v) is 6.19.